The lowest BCUT2D eigenvalue weighted by molar-refractivity contribution is 0.0321. The van der Waals surface area contributed by atoms with Crippen molar-refractivity contribution in [1.29, 1.82) is 0 Å². The summed E-state index contributed by atoms with van der Waals surface area (Å²) in [6.07, 6.45) is 2.39. The van der Waals surface area contributed by atoms with Gasteiger partial charge in [-0.1, -0.05) is 48.5 Å². The number of imidazole rings is 1. The summed E-state index contributed by atoms with van der Waals surface area (Å²) in [5, 5.41) is 16.3. The van der Waals surface area contributed by atoms with Gasteiger partial charge in [-0.3, -0.25) is 4.90 Å². The molecule has 3 heterocycles. The molecule has 1 aliphatic carbocycles. The molecule has 37 heavy (non-hydrogen) atoms. The van der Waals surface area contributed by atoms with E-state index in [1.165, 1.54) is 18.4 Å². The number of aromatic hydroxyl groups is 1. The second-order valence-corrected chi connectivity index (χ2v) is 11.2. The highest BCUT2D eigenvalue weighted by Crippen LogP contribution is 2.54. The van der Waals surface area contributed by atoms with Gasteiger partial charge in [-0.25, -0.2) is 4.98 Å². The van der Waals surface area contributed by atoms with Crippen LogP contribution in [-0.2, 0) is 18.3 Å². The normalized spacial score (nSPS) is 19.7. The van der Waals surface area contributed by atoms with Gasteiger partial charge in [0.05, 0.1) is 24.6 Å². The quantitative estimate of drug-likeness (QED) is 0.413. The van der Waals surface area contributed by atoms with E-state index in [1.54, 1.807) is 0 Å². The monoisotopic (exact) mass is 494 g/mol. The van der Waals surface area contributed by atoms with Crippen molar-refractivity contribution in [3.63, 3.8) is 0 Å². The van der Waals surface area contributed by atoms with Gasteiger partial charge < -0.3 is 19.7 Å². The highest BCUT2D eigenvalue weighted by Gasteiger charge is 2.50. The van der Waals surface area contributed by atoms with E-state index in [0.717, 1.165) is 85.0 Å². The molecule has 3 aliphatic rings. The molecule has 0 unspecified atom stereocenters. The van der Waals surface area contributed by atoms with E-state index in [9.17, 15) is 5.11 Å². The third-order valence-electron chi connectivity index (χ3n) is 8.69. The van der Waals surface area contributed by atoms with Crippen LogP contribution in [0, 0.1) is 5.41 Å². The predicted octanol–water partition coefficient (Wildman–Crippen LogP) is 4.91. The number of fused-ring (bicyclic) bond motifs is 1. The van der Waals surface area contributed by atoms with Crippen molar-refractivity contribution in [3.8, 4) is 28.3 Å². The summed E-state index contributed by atoms with van der Waals surface area (Å²) in [6, 6.07) is 21.0. The van der Waals surface area contributed by atoms with E-state index in [4.69, 9.17) is 9.72 Å². The minimum absolute atomic E-state index is 0.284. The van der Waals surface area contributed by atoms with Crippen LogP contribution in [0.1, 0.15) is 30.1 Å². The summed E-state index contributed by atoms with van der Waals surface area (Å²) < 4.78 is 7.80. The summed E-state index contributed by atoms with van der Waals surface area (Å²) in [6.45, 7) is 6.81. The first-order valence-corrected chi connectivity index (χ1v) is 13.5. The van der Waals surface area contributed by atoms with Crippen LogP contribution in [0.15, 0.2) is 60.7 Å². The number of aromatic nitrogens is 2. The second-order valence-electron chi connectivity index (χ2n) is 11.2. The largest absolute Gasteiger partial charge is 0.508 e. The Balaban J connectivity index is 1.30. The second kappa shape index (κ2) is 8.98. The molecule has 0 bridgehead atoms. The molecular formula is C31H34N4O2. The molecule has 0 atom stereocenters. The van der Waals surface area contributed by atoms with E-state index in [0.29, 0.717) is 11.3 Å². The Labute approximate surface area is 217 Å². The third kappa shape index (κ3) is 4.04. The predicted molar refractivity (Wildman–Crippen MR) is 147 cm³/mol. The fraction of sp³-hybridized carbons (Fsp3) is 0.387. The summed E-state index contributed by atoms with van der Waals surface area (Å²) >= 11 is 0. The van der Waals surface area contributed by atoms with Crippen molar-refractivity contribution < 1.29 is 9.84 Å². The maximum absolute atomic E-state index is 10.6. The Hall–Kier alpha value is -3.19. The van der Waals surface area contributed by atoms with Crippen molar-refractivity contribution in [2.45, 2.75) is 25.3 Å². The van der Waals surface area contributed by atoms with Crippen LogP contribution in [0.2, 0.25) is 0 Å². The average molecular weight is 495 g/mol. The summed E-state index contributed by atoms with van der Waals surface area (Å²) in [7, 11) is 2.15. The smallest absolute Gasteiger partial charge is 0.116 e. The molecule has 6 nitrogen and oxygen atoms in total. The van der Waals surface area contributed by atoms with Gasteiger partial charge in [0.15, 0.2) is 0 Å². The van der Waals surface area contributed by atoms with Crippen molar-refractivity contribution >= 4 is 10.8 Å². The zero-order valence-electron chi connectivity index (χ0n) is 21.4. The number of phenols is 1. The lowest BCUT2D eigenvalue weighted by Crippen LogP contribution is -2.59. The van der Waals surface area contributed by atoms with Crippen LogP contribution >= 0.6 is 0 Å². The molecule has 1 spiro atoms. The lowest BCUT2D eigenvalue weighted by atomic mass is 9.58. The maximum Gasteiger partial charge on any atom is 0.116 e. The van der Waals surface area contributed by atoms with Crippen LogP contribution in [0.5, 0.6) is 5.75 Å². The van der Waals surface area contributed by atoms with Crippen molar-refractivity contribution in [2.75, 3.05) is 39.4 Å². The number of nitrogens with one attached hydrogen (secondary N) is 1. The summed E-state index contributed by atoms with van der Waals surface area (Å²) in [4.78, 5) is 7.77. The average Bonchev–Trinajstić information content (AvgIpc) is 3.19. The van der Waals surface area contributed by atoms with Gasteiger partial charge in [-0.2, -0.15) is 0 Å². The van der Waals surface area contributed by atoms with Crippen molar-refractivity contribution in [2.24, 2.45) is 12.5 Å². The number of hydrogen-bond donors (Lipinski definition) is 2. The van der Waals surface area contributed by atoms with Crippen molar-refractivity contribution in [3.05, 3.63) is 72.1 Å². The highest BCUT2D eigenvalue weighted by atomic mass is 16.5. The summed E-state index contributed by atoms with van der Waals surface area (Å²) in [5.41, 5.74) is 6.02. The van der Waals surface area contributed by atoms with Crippen LogP contribution in [0.25, 0.3) is 33.3 Å². The molecule has 1 aromatic heterocycles. The topological polar surface area (TPSA) is 62.6 Å². The summed E-state index contributed by atoms with van der Waals surface area (Å²) in [5.74, 6) is 1.92. The molecule has 4 aromatic rings. The molecule has 6 heteroatoms. The molecule has 7 rings (SSSR count). The molecule has 190 valence electrons. The first-order chi connectivity index (χ1) is 18.1. The zero-order valence-corrected chi connectivity index (χ0v) is 21.4. The zero-order chi connectivity index (χ0) is 25.0. The number of phenolic OH excluding ortho intramolecular Hbond substituents is 1. The van der Waals surface area contributed by atoms with Gasteiger partial charge in [0.2, 0.25) is 0 Å². The number of hydrogen-bond acceptors (Lipinski definition) is 5. The fourth-order valence-electron chi connectivity index (χ4n) is 6.60. The minimum Gasteiger partial charge on any atom is -0.508 e. The van der Waals surface area contributed by atoms with E-state index in [-0.39, 0.29) is 5.75 Å². The van der Waals surface area contributed by atoms with Gasteiger partial charge in [0.1, 0.15) is 11.6 Å². The molecule has 0 amide bonds. The van der Waals surface area contributed by atoms with Gasteiger partial charge in [0.25, 0.3) is 0 Å². The SMILES string of the molecule is Cn1c(C2CC3(CNC3)C2)nc(-c2ccc(CN3CCOCC3)cc2)c1-c1cc(O)cc2ccccc12. The number of rotatable bonds is 5. The number of nitrogens with zero attached hydrogens (tertiary/aromatic N) is 3. The molecule has 2 saturated heterocycles. The van der Waals surface area contributed by atoms with Crippen molar-refractivity contribution in [1.82, 2.24) is 19.8 Å². The van der Waals surface area contributed by atoms with Crippen LogP contribution in [0.3, 0.4) is 0 Å². The Kier molecular flexibility index (Phi) is 5.57. The lowest BCUT2D eigenvalue weighted by Gasteiger charge is -2.54. The van der Waals surface area contributed by atoms with Crippen LogP contribution in [-0.4, -0.2) is 59.0 Å². The molecular weight excluding hydrogens is 460 g/mol. The number of morpholine rings is 1. The highest BCUT2D eigenvalue weighted by molar-refractivity contribution is 6.00. The minimum atomic E-state index is 0.284. The van der Waals surface area contributed by atoms with E-state index in [1.807, 2.05) is 18.2 Å². The third-order valence-corrected chi connectivity index (χ3v) is 8.69. The van der Waals surface area contributed by atoms with Crippen LogP contribution < -0.4 is 5.32 Å². The van der Waals surface area contributed by atoms with E-state index >= 15 is 0 Å². The Bertz CT molecular complexity index is 1440. The number of benzene rings is 3. The van der Waals surface area contributed by atoms with Crippen LogP contribution in [0.4, 0.5) is 0 Å². The molecule has 0 radical (unpaired) electrons. The molecule has 3 fully saturated rings. The molecule has 2 N–H and O–H groups in total. The van der Waals surface area contributed by atoms with Gasteiger partial charge >= 0.3 is 0 Å². The van der Waals surface area contributed by atoms with Gasteiger partial charge in [0, 0.05) is 56.8 Å². The first kappa shape index (κ1) is 23.0. The number of ether oxygens (including phenoxy) is 1. The molecule has 2 aliphatic heterocycles. The van der Waals surface area contributed by atoms with Gasteiger partial charge in [-0.05, 0) is 46.7 Å². The standard InChI is InChI=1S/C31H34N4O2/c1-34-29(27-15-25(36)14-23-4-2-3-5-26(23)27)28(33-30(34)24-16-31(17-24)19-32-20-31)22-8-6-21(7-9-22)18-35-10-12-37-13-11-35/h2-9,14-15,24,32,36H,10-13,16-20H2,1H3. The first-order valence-electron chi connectivity index (χ1n) is 13.5. The van der Waals surface area contributed by atoms with E-state index < -0.39 is 0 Å². The maximum atomic E-state index is 10.6. The Morgan fingerprint density at radius 1 is 1.03 bits per heavy atom. The molecule has 1 saturated carbocycles. The molecule has 3 aromatic carbocycles. The Morgan fingerprint density at radius 3 is 2.51 bits per heavy atom. The fourth-order valence-corrected chi connectivity index (χ4v) is 6.60. The van der Waals surface area contributed by atoms with Gasteiger partial charge in [-0.15, -0.1) is 0 Å². The van der Waals surface area contributed by atoms with E-state index in [2.05, 4.69) is 64.3 Å². The Morgan fingerprint density at radius 2 is 1.78 bits per heavy atom.